The fourth-order valence-electron chi connectivity index (χ4n) is 3.69. The lowest BCUT2D eigenvalue weighted by Crippen LogP contribution is -2.04. The average Bonchev–Trinajstić information content (AvgIpc) is 3.20. The number of Topliss-reactive ketones (excluding diaryl/α,β-unsaturated/α-hetero) is 1. The topological polar surface area (TPSA) is 108 Å². The molecule has 8 heteroatoms. The van der Waals surface area contributed by atoms with Crippen molar-refractivity contribution in [3.05, 3.63) is 57.7 Å². The number of hydrogen-bond donors (Lipinski definition) is 3. The Balaban J connectivity index is 1.79. The molecule has 1 aromatic heterocycles. The van der Waals surface area contributed by atoms with E-state index in [4.69, 9.17) is 21.4 Å². The highest BCUT2D eigenvalue weighted by atomic mass is 35.5. The van der Waals surface area contributed by atoms with Gasteiger partial charge in [0.25, 0.3) is 5.91 Å². The summed E-state index contributed by atoms with van der Waals surface area (Å²) in [6.45, 7) is 1.93. The van der Waals surface area contributed by atoms with E-state index in [0.29, 0.717) is 38.9 Å². The number of aliphatic carboxylic acids is 1. The van der Waals surface area contributed by atoms with Crippen LogP contribution >= 0.6 is 11.6 Å². The lowest BCUT2D eigenvalue weighted by atomic mass is 9.98. The standard InChI is InChI=1S/C23H19ClN2O5/c1-11-7-18-14(10-20(11)31-2)15(22(24)25-18)9-16-13-8-12(19(27)5-6-21(28)29)3-4-17(13)26-23(16)30/h3-4,7-10,25H,5-6H2,1-2H3,(H,26,30)(H,28,29)/b16-9+. The molecule has 7 nitrogen and oxygen atoms in total. The van der Waals surface area contributed by atoms with Crippen molar-refractivity contribution in [1.82, 2.24) is 4.98 Å². The van der Waals surface area contributed by atoms with Crippen LogP contribution in [-0.2, 0) is 9.59 Å². The quantitative estimate of drug-likeness (QED) is 0.382. The number of fused-ring (bicyclic) bond motifs is 2. The lowest BCUT2D eigenvalue weighted by Gasteiger charge is -2.05. The Morgan fingerprint density at radius 3 is 2.68 bits per heavy atom. The van der Waals surface area contributed by atoms with Crippen LogP contribution in [0.25, 0.3) is 22.6 Å². The van der Waals surface area contributed by atoms with Crippen LogP contribution in [-0.4, -0.2) is 34.9 Å². The first kappa shape index (κ1) is 20.7. The molecular formula is C23H19ClN2O5. The van der Waals surface area contributed by atoms with Gasteiger partial charge in [0.2, 0.25) is 0 Å². The van der Waals surface area contributed by atoms with E-state index in [9.17, 15) is 14.4 Å². The summed E-state index contributed by atoms with van der Waals surface area (Å²) in [4.78, 5) is 38.9. The van der Waals surface area contributed by atoms with E-state index in [2.05, 4.69) is 10.3 Å². The van der Waals surface area contributed by atoms with E-state index in [0.717, 1.165) is 16.5 Å². The molecule has 1 aliphatic heterocycles. The van der Waals surface area contributed by atoms with Gasteiger partial charge in [0.15, 0.2) is 5.78 Å². The Labute approximate surface area is 182 Å². The lowest BCUT2D eigenvalue weighted by molar-refractivity contribution is -0.137. The Hall–Kier alpha value is -3.58. The number of nitrogens with one attached hydrogen (secondary N) is 2. The van der Waals surface area contributed by atoms with Gasteiger partial charge < -0.3 is 20.1 Å². The predicted octanol–water partition coefficient (Wildman–Crippen LogP) is 4.68. The fraction of sp³-hybridized carbons (Fsp3) is 0.174. The first-order valence-corrected chi connectivity index (χ1v) is 9.94. The first-order chi connectivity index (χ1) is 14.8. The molecule has 2 aromatic carbocycles. The minimum absolute atomic E-state index is 0.109. The third-order valence-electron chi connectivity index (χ3n) is 5.29. The molecule has 0 aliphatic carbocycles. The van der Waals surface area contributed by atoms with Gasteiger partial charge in [-0.25, -0.2) is 0 Å². The summed E-state index contributed by atoms with van der Waals surface area (Å²) in [5.41, 5.74) is 4.25. The zero-order valence-electron chi connectivity index (χ0n) is 16.8. The molecule has 1 aliphatic rings. The van der Waals surface area contributed by atoms with Crippen molar-refractivity contribution in [1.29, 1.82) is 0 Å². The van der Waals surface area contributed by atoms with E-state index in [1.54, 1.807) is 31.4 Å². The molecule has 0 saturated heterocycles. The summed E-state index contributed by atoms with van der Waals surface area (Å²) in [6, 6.07) is 8.61. The summed E-state index contributed by atoms with van der Waals surface area (Å²) in [7, 11) is 1.59. The number of aromatic amines is 1. The molecule has 2 heterocycles. The van der Waals surface area contributed by atoms with Gasteiger partial charge in [-0.3, -0.25) is 14.4 Å². The molecule has 158 valence electrons. The minimum Gasteiger partial charge on any atom is -0.496 e. The number of aryl methyl sites for hydroxylation is 1. The number of rotatable bonds is 6. The van der Waals surface area contributed by atoms with Crippen molar-refractivity contribution in [3.63, 3.8) is 0 Å². The van der Waals surface area contributed by atoms with E-state index in [1.807, 2.05) is 19.1 Å². The number of halogens is 1. The van der Waals surface area contributed by atoms with Crippen molar-refractivity contribution in [2.45, 2.75) is 19.8 Å². The summed E-state index contributed by atoms with van der Waals surface area (Å²) >= 11 is 6.44. The number of carboxylic acid groups (broad SMARTS) is 1. The second-order valence-corrected chi connectivity index (χ2v) is 7.69. The molecule has 0 spiro atoms. The van der Waals surface area contributed by atoms with Crippen molar-refractivity contribution >= 4 is 57.5 Å². The molecule has 0 fully saturated rings. The monoisotopic (exact) mass is 438 g/mol. The van der Waals surface area contributed by atoms with Gasteiger partial charge in [-0.2, -0.15) is 0 Å². The Morgan fingerprint density at radius 1 is 1.19 bits per heavy atom. The molecule has 4 rings (SSSR count). The van der Waals surface area contributed by atoms with Crippen LogP contribution in [0.2, 0.25) is 5.15 Å². The van der Waals surface area contributed by atoms with Gasteiger partial charge in [0, 0.05) is 45.3 Å². The van der Waals surface area contributed by atoms with Crippen molar-refractivity contribution in [2.24, 2.45) is 0 Å². The van der Waals surface area contributed by atoms with Gasteiger partial charge in [0.1, 0.15) is 10.9 Å². The number of ketones is 1. The largest absolute Gasteiger partial charge is 0.496 e. The molecule has 3 N–H and O–H groups in total. The molecule has 31 heavy (non-hydrogen) atoms. The Kier molecular flexibility index (Phi) is 5.29. The van der Waals surface area contributed by atoms with Crippen LogP contribution in [0.1, 0.15) is 39.9 Å². The summed E-state index contributed by atoms with van der Waals surface area (Å²) < 4.78 is 5.41. The van der Waals surface area contributed by atoms with Crippen molar-refractivity contribution in [3.8, 4) is 5.75 Å². The maximum absolute atomic E-state index is 12.7. The number of carbonyl (C=O) groups is 3. The van der Waals surface area contributed by atoms with Gasteiger partial charge >= 0.3 is 5.97 Å². The SMILES string of the molecule is COc1cc2c(/C=C3/C(=O)Nc4ccc(C(=O)CCC(=O)O)cc43)c(Cl)[nH]c2cc1C. The molecule has 3 aromatic rings. The number of H-pyrrole nitrogens is 1. The van der Waals surface area contributed by atoms with E-state index in [1.165, 1.54) is 0 Å². The summed E-state index contributed by atoms with van der Waals surface area (Å²) in [5, 5.41) is 12.8. The minimum atomic E-state index is -1.04. The van der Waals surface area contributed by atoms with Gasteiger partial charge in [-0.15, -0.1) is 0 Å². The van der Waals surface area contributed by atoms with Gasteiger partial charge in [0.05, 0.1) is 13.5 Å². The highest BCUT2D eigenvalue weighted by Crippen LogP contribution is 2.38. The molecule has 0 atom stereocenters. The van der Waals surface area contributed by atoms with Gasteiger partial charge in [-0.05, 0) is 48.9 Å². The van der Waals surface area contributed by atoms with E-state index in [-0.39, 0.29) is 24.5 Å². The normalized spacial score (nSPS) is 14.0. The number of carbonyl (C=O) groups excluding carboxylic acids is 2. The molecule has 0 radical (unpaired) electrons. The second kappa shape index (κ2) is 7.92. The maximum atomic E-state index is 12.7. The van der Waals surface area contributed by atoms with Crippen LogP contribution in [0, 0.1) is 6.92 Å². The number of aromatic nitrogens is 1. The average molecular weight is 439 g/mol. The fourth-order valence-corrected chi connectivity index (χ4v) is 3.95. The highest BCUT2D eigenvalue weighted by molar-refractivity contribution is 6.38. The first-order valence-electron chi connectivity index (χ1n) is 9.56. The second-order valence-electron chi connectivity index (χ2n) is 7.31. The highest BCUT2D eigenvalue weighted by Gasteiger charge is 2.26. The third-order valence-corrected chi connectivity index (χ3v) is 5.58. The zero-order chi connectivity index (χ0) is 22.3. The molecular weight excluding hydrogens is 420 g/mol. The third kappa shape index (κ3) is 3.80. The number of carboxylic acids is 1. The molecule has 0 unspecified atom stereocenters. The smallest absolute Gasteiger partial charge is 0.303 e. The number of benzene rings is 2. The maximum Gasteiger partial charge on any atom is 0.303 e. The van der Waals surface area contributed by atoms with E-state index < -0.39 is 5.97 Å². The van der Waals surface area contributed by atoms with Crippen molar-refractivity contribution in [2.75, 3.05) is 12.4 Å². The number of hydrogen-bond acceptors (Lipinski definition) is 4. The van der Waals surface area contributed by atoms with Gasteiger partial charge in [-0.1, -0.05) is 11.6 Å². The number of anilines is 1. The van der Waals surface area contributed by atoms with Crippen LogP contribution in [0.5, 0.6) is 5.75 Å². The van der Waals surface area contributed by atoms with Crippen LogP contribution in [0.3, 0.4) is 0 Å². The Morgan fingerprint density at radius 2 is 1.97 bits per heavy atom. The van der Waals surface area contributed by atoms with Crippen LogP contribution < -0.4 is 10.1 Å². The molecule has 1 amide bonds. The van der Waals surface area contributed by atoms with Crippen molar-refractivity contribution < 1.29 is 24.2 Å². The van der Waals surface area contributed by atoms with Crippen LogP contribution in [0.15, 0.2) is 30.3 Å². The predicted molar refractivity (Wildman–Crippen MR) is 119 cm³/mol. The Bertz CT molecular complexity index is 1290. The zero-order valence-corrected chi connectivity index (χ0v) is 17.6. The number of ether oxygens (including phenoxy) is 1. The summed E-state index contributed by atoms with van der Waals surface area (Å²) in [5.74, 6) is -0.944. The summed E-state index contributed by atoms with van der Waals surface area (Å²) in [6.07, 6.45) is 1.33. The number of amides is 1. The number of methoxy groups -OCH3 is 1. The molecule has 0 bridgehead atoms. The van der Waals surface area contributed by atoms with Crippen LogP contribution in [0.4, 0.5) is 5.69 Å². The molecule has 0 saturated carbocycles. The van der Waals surface area contributed by atoms with E-state index >= 15 is 0 Å².